The summed E-state index contributed by atoms with van der Waals surface area (Å²) in [5, 5.41) is 37.0. The maximum Gasteiger partial charge on any atom is 0.105 e. The van der Waals surface area contributed by atoms with Gasteiger partial charge in [0.2, 0.25) is 0 Å². The topological polar surface area (TPSA) is 80.9 Å². The minimum atomic E-state index is -1.00. The molecule has 0 radical (unpaired) electrons. The Labute approximate surface area is 94.8 Å². The van der Waals surface area contributed by atoms with Gasteiger partial charge in [0.1, 0.15) is 6.10 Å². The van der Waals surface area contributed by atoms with Crippen molar-refractivity contribution < 1.29 is 20.4 Å². The zero-order valence-electron chi connectivity index (χ0n) is 9.30. The van der Waals surface area contributed by atoms with Gasteiger partial charge >= 0.3 is 0 Å². The molecule has 4 nitrogen and oxygen atoms in total. The Morgan fingerprint density at radius 2 is 1.88 bits per heavy atom. The first kappa shape index (κ1) is 13.1. The van der Waals surface area contributed by atoms with E-state index in [9.17, 15) is 10.2 Å². The van der Waals surface area contributed by atoms with Crippen LogP contribution in [0.25, 0.3) is 0 Å². The zero-order chi connectivity index (χ0) is 12.1. The molecule has 1 rings (SSSR count). The Morgan fingerprint density at radius 1 is 1.19 bits per heavy atom. The highest BCUT2D eigenvalue weighted by Crippen LogP contribution is 2.21. The number of aliphatic hydroxyl groups excluding tert-OH is 4. The van der Waals surface area contributed by atoms with Crippen molar-refractivity contribution in [2.75, 3.05) is 6.61 Å². The molecule has 0 aliphatic heterocycles. The third-order valence-electron chi connectivity index (χ3n) is 2.67. The summed E-state index contributed by atoms with van der Waals surface area (Å²) in [6.45, 7) is 1.63. The van der Waals surface area contributed by atoms with Gasteiger partial charge in [-0.3, -0.25) is 0 Å². The molecule has 0 bridgehead atoms. The number of aliphatic hydroxyl groups is 4. The van der Waals surface area contributed by atoms with Crippen molar-refractivity contribution in [1.82, 2.24) is 0 Å². The quantitative estimate of drug-likeness (QED) is 0.580. The summed E-state index contributed by atoms with van der Waals surface area (Å²) in [6, 6.07) is 5.13. The van der Waals surface area contributed by atoms with E-state index in [-0.39, 0.29) is 19.6 Å². The summed E-state index contributed by atoms with van der Waals surface area (Å²) in [7, 11) is 0. The normalized spacial score (nSPS) is 14.8. The highest BCUT2D eigenvalue weighted by atomic mass is 16.3. The summed E-state index contributed by atoms with van der Waals surface area (Å²) < 4.78 is 0. The second kappa shape index (κ2) is 5.96. The average Bonchev–Trinajstić information content (AvgIpc) is 2.28. The molecule has 2 atom stereocenters. The van der Waals surface area contributed by atoms with E-state index in [0.717, 1.165) is 11.1 Å². The lowest BCUT2D eigenvalue weighted by Crippen LogP contribution is -2.19. The average molecular weight is 226 g/mol. The van der Waals surface area contributed by atoms with Gasteiger partial charge in [-0.1, -0.05) is 18.2 Å². The first-order chi connectivity index (χ1) is 7.60. The van der Waals surface area contributed by atoms with Crippen LogP contribution in [0.4, 0.5) is 0 Å². The first-order valence-electron chi connectivity index (χ1n) is 5.27. The maximum absolute atomic E-state index is 9.78. The van der Waals surface area contributed by atoms with Crippen molar-refractivity contribution in [2.45, 2.75) is 32.2 Å². The van der Waals surface area contributed by atoms with E-state index in [4.69, 9.17) is 10.2 Å². The van der Waals surface area contributed by atoms with Gasteiger partial charge in [-0.05, 0) is 30.0 Å². The lowest BCUT2D eigenvalue weighted by Gasteiger charge is -2.18. The van der Waals surface area contributed by atoms with E-state index >= 15 is 0 Å². The molecular weight excluding hydrogens is 208 g/mol. The SMILES string of the molecule is Cc1cc(C(O)C(O)CCO)ccc1CO. The van der Waals surface area contributed by atoms with Crippen molar-refractivity contribution in [2.24, 2.45) is 0 Å². The molecule has 0 amide bonds. The third kappa shape index (κ3) is 3.02. The molecule has 2 unspecified atom stereocenters. The molecule has 0 aliphatic carbocycles. The molecule has 0 aliphatic rings. The van der Waals surface area contributed by atoms with Crippen LogP contribution in [-0.2, 0) is 6.61 Å². The van der Waals surface area contributed by atoms with E-state index in [2.05, 4.69) is 0 Å². The van der Waals surface area contributed by atoms with Crippen molar-refractivity contribution in [1.29, 1.82) is 0 Å². The van der Waals surface area contributed by atoms with E-state index < -0.39 is 12.2 Å². The van der Waals surface area contributed by atoms with Crippen LogP contribution in [0.15, 0.2) is 18.2 Å². The van der Waals surface area contributed by atoms with Gasteiger partial charge in [0.15, 0.2) is 0 Å². The monoisotopic (exact) mass is 226 g/mol. The van der Waals surface area contributed by atoms with Crippen LogP contribution in [0.3, 0.4) is 0 Å². The fourth-order valence-electron chi connectivity index (χ4n) is 1.59. The zero-order valence-corrected chi connectivity index (χ0v) is 9.30. The van der Waals surface area contributed by atoms with Gasteiger partial charge < -0.3 is 20.4 Å². The predicted molar refractivity (Wildman–Crippen MR) is 59.8 cm³/mol. The summed E-state index contributed by atoms with van der Waals surface area (Å²) in [6.07, 6.45) is -1.83. The fourth-order valence-corrected chi connectivity index (χ4v) is 1.59. The highest BCUT2D eigenvalue weighted by molar-refractivity contribution is 5.32. The van der Waals surface area contributed by atoms with Gasteiger partial charge in [-0.15, -0.1) is 0 Å². The minimum Gasteiger partial charge on any atom is -0.396 e. The van der Waals surface area contributed by atoms with Gasteiger partial charge in [0.25, 0.3) is 0 Å². The molecule has 0 fully saturated rings. The molecule has 0 heterocycles. The standard InChI is InChI=1S/C12H18O4/c1-8-6-9(2-3-10(8)7-14)12(16)11(15)4-5-13/h2-3,6,11-16H,4-5,7H2,1H3. The summed E-state index contributed by atoms with van der Waals surface area (Å²) in [4.78, 5) is 0. The Bertz CT molecular complexity index is 338. The molecule has 0 saturated heterocycles. The molecule has 1 aromatic carbocycles. The summed E-state index contributed by atoms with van der Waals surface area (Å²) in [5.74, 6) is 0. The van der Waals surface area contributed by atoms with Crippen LogP contribution in [0.5, 0.6) is 0 Å². The molecule has 0 spiro atoms. The lowest BCUT2D eigenvalue weighted by atomic mass is 9.98. The van der Waals surface area contributed by atoms with E-state index in [1.54, 1.807) is 18.2 Å². The first-order valence-corrected chi connectivity index (χ1v) is 5.27. The van der Waals surface area contributed by atoms with Crippen molar-refractivity contribution >= 4 is 0 Å². The Morgan fingerprint density at radius 3 is 2.38 bits per heavy atom. The Balaban J connectivity index is 2.84. The van der Waals surface area contributed by atoms with Crippen LogP contribution in [0, 0.1) is 6.92 Å². The molecule has 90 valence electrons. The Kier molecular flexibility index (Phi) is 4.89. The third-order valence-corrected chi connectivity index (χ3v) is 2.67. The number of hydrogen-bond donors (Lipinski definition) is 4. The second-order valence-corrected chi connectivity index (χ2v) is 3.87. The smallest absolute Gasteiger partial charge is 0.105 e. The van der Waals surface area contributed by atoms with E-state index in [1.165, 1.54) is 0 Å². The van der Waals surface area contributed by atoms with Crippen LogP contribution >= 0.6 is 0 Å². The van der Waals surface area contributed by atoms with E-state index in [1.807, 2.05) is 6.92 Å². The van der Waals surface area contributed by atoms with Crippen LogP contribution in [0.1, 0.15) is 29.2 Å². The van der Waals surface area contributed by atoms with Crippen molar-refractivity contribution in [3.8, 4) is 0 Å². The van der Waals surface area contributed by atoms with Crippen LogP contribution in [-0.4, -0.2) is 33.1 Å². The summed E-state index contributed by atoms with van der Waals surface area (Å²) >= 11 is 0. The van der Waals surface area contributed by atoms with Gasteiger partial charge in [-0.25, -0.2) is 0 Å². The molecule has 4 heteroatoms. The van der Waals surface area contributed by atoms with Gasteiger partial charge in [-0.2, -0.15) is 0 Å². The maximum atomic E-state index is 9.78. The number of benzene rings is 1. The molecule has 0 aromatic heterocycles. The van der Waals surface area contributed by atoms with Crippen LogP contribution in [0.2, 0.25) is 0 Å². The minimum absolute atomic E-state index is 0.0403. The number of rotatable bonds is 5. The summed E-state index contributed by atoms with van der Waals surface area (Å²) in [5.41, 5.74) is 2.26. The largest absolute Gasteiger partial charge is 0.396 e. The van der Waals surface area contributed by atoms with E-state index in [0.29, 0.717) is 5.56 Å². The van der Waals surface area contributed by atoms with Crippen LogP contribution < -0.4 is 0 Å². The fraction of sp³-hybridized carbons (Fsp3) is 0.500. The lowest BCUT2D eigenvalue weighted by molar-refractivity contribution is 0.00418. The highest BCUT2D eigenvalue weighted by Gasteiger charge is 2.18. The van der Waals surface area contributed by atoms with Crippen molar-refractivity contribution in [3.63, 3.8) is 0 Å². The predicted octanol–water partition coefficient (Wildman–Crippen LogP) is 0.264. The molecule has 4 N–H and O–H groups in total. The molecule has 1 aromatic rings. The molecule has 16 heavy (non-hydrogen) atoms. The molecular formula is C12H18O4. The van der Waals surface area contributed by atoms with Gasteiger partial charge in [0.05, 0.1) is 12.7 Å². The van der Waals surface area contributed by atoms with Crippen molar-refractivity contribution in [3.05, 3.63) is 34.9 Å². The molecule has 0 saturated carbocycles. The number of hydrogen-bond acceptors (Lipinski definition) is 4. The van der Waals surface area contributed by atoms with Gasteiger partial charge in [0, 0.05) is 6.61 Å². The Hall–Kier alpha value is -0.940. The number of aryl methyl sites for hydroxylation is 1. The second-order valence-electron chi connectivity index (χ2n) is 3.87.